The van der Waals surface area contributed by atoms with Crippen LogP contribution in [-0.2, 0) is 9.53 Å². The standard InChI is InChI=1S/C24H25N3O4S/c1-30-20-6-5-17(14-19(20)26-23(28)15-27-9-11-31-12-10-27)16-3-2-4-18(13-16)21-7-8-22(32-21)24(25)29/h2-8,13-14H,9-12,15H2,1H3,(H2,25,29)(H,26,28). The molecule has 0 aliphatic carbocycles. The Bertz CT molecular complexity index is 1120. The third-order valence-corrected chi connectivity index (χ3v) is 6.42. The second-order valence-electron chi connectivity index (χ2n) is 7.46. The maximum absolute atomic E-state index is 12.6. The van der Waals surface area contributed by atoms with Gasteiger partial charge >= 0.3 is 0 Å². The molecule has 1 aromatic heterocycles. The molecule has 2 heterocycles. The fourth-order valence-corrected chi connectivity index (χ4v) is 4.47. The number of thiophene rings is 1. The summed E-state index contributed by atoms with van der Waals surface area (Å²) in [7, 11) is 1.58. The SMILES string of the molecule is COc1ccc(-c2cccc(-c3ccc(C(N)=O)s3)c2)cc1NC(=O)CN1CCOCC1. The molecule has 32 heavy (non-hydrogen) atoms. The second-order valence-corrected chi connectivity index (χ2v) is 8.54. The zero-order valence-electron chi connectivity index (χ0n) is 17.8. The lowest BCUT2D eigenvalue weighted by atomic mass is 10.0. The molecular formula is C24H25N3O4S. The van der Waals surface area contributed by atoms with E-state index in [0.29, 0.717) is 36.1 Å². The third kappa shape index (κ3) is 5.16. The van der Waals surface area contributed by atoms with Crippen LogP contribution in [0.2, 0.25) is 0 Å². The Morgan fingerprint density at radius 2 is 1.81 bits per heavy atom. The highest BCUT2D eigenvalue weighted by atomic mass is 32.1. The zero-order chi connectivity index (χ0) is 22.5. The average Bonchev–Trinajstić information content (AvgIpc) is 3.31. The van der Waals surface area contributed by atoms with E-state index in [1.54, 1.807) is 13.2 Å². The third-order valence-electron chi connectivity index (χ3n) is 5.27. The summed E-state index contributed by atoms with van der Waals surface area (Å²) < 4.78 is 10.8. The fraction of sp³-hybridized carbons (Fsp3) is 0.250. The molecule has 4 rings (SSSR count). The minimum Gasteiger partial charge on any atom is -0.495 e. The molecule has 1 aliphatic rings. The van der Waals surface area contributed by atoms with Crippen molar-refractivity contribution in [2.24, 2.45) is 5.73 Å². The maximum Gasteiger partial charge on any atom is 0.258 e. The van der Waals surface area contributed by atoms with Gasteiger partial charge in [-0.1, -0.05) is 24.3 Å². The summed E-state index contributed by atoms with van der Waals surface area (Å²) in [5.74, 6) is 0.0864. The van der Waals surface area contributed by atoms with Gasteiger partial charge in [0, 0.05) is 18.0 Å². The van der Waals surface area contributed by atoms with Gasteiger partial charge in [0.25, 0.3) is 5.91 Å². The monoisotopic (exact) mass is 451 g/mol. The number of ether oxygens (including phenoxy) is 2. The van der Waals surface area contributed by atoms with Crippen LogP contribution in [-0.4, -0.2) is 56.7 Å². The smallest absolute Gasteiger partial charge is 0.258 e. The fourth-order valence-electron chi connectivity index (χ4n) is 3.61. The zero-order valence-corrected chi connectivity index (χ0v) is 18.6. The lowest BCUT2D eigenvalue weighted by molar-refractivity contribution is -0.118. The minimum absolute atomic E-state index is 0.0892. The van der Waals surface area contributed by atoms with Gasteiger partial charge in [-0.25, -0.2) is 0 Å². The molecule has 0 unspecified atom stereocenters. The van der Waals surface area contributed by atoms with Crippen molar-refractivity contribution in [3.8, 4) is 27.3 Å². The predicted octanol–water partition coefficient (Wildman–Crippen LogP) is 3.46. The lowest BCUT2D eigenvalue weighted by Gasteiger charge is -2.26. The van der Waals surface area contributed by atoms with Crippen LogP contribution in [0.25, 0.3) is 21.6 Å². The lowest BCUT2D eigenvalue weighted by Crippen LogP contribution is -2.41. The highest BCUT2D eigenvalue weighted by Crippen LogP contribution is 2.34. The molecular weight excluding hydrogens is 426 g/mol. The summed E-state index contributed by atoms with van der Waals surface area (Å²) in [4.78, 5) is 27.6. The number of benzene rings is 2. The molecule has 1 aliphatic heterocycles. The first-order chi connectivity index (χ1) is 15.5. The Labute approximate surface area is 190 Å². The minimum atomic E-state index is -0.426. The van der Waals surface area contributed by atoms with Gasteiger partial charge in [0.1, 0.15) is 5.75 Å². The number of nitrogens with zero attached hydrogens (tertiary/aromatic N) is 1. The quantitative estimate of drug-likeness (QED) is 0.574. The molecule has 2 aromatic carbocycles. The Morgan fingerprint density at radius 3 is 2.53 bits per heavy atom. The average molecular weight is 452 g/mol. The number of nitrogens with two attached hydrogens (primary N) is 1. The number of anilines is 1. The molecule has 1 saturated heterocycles. The van der Waals surface area contributed by atoms with Gasteiger partial charge in [0.05, 0.1) is 37.4 Å². The van der Waals surface area contributed by atoms with E-state index in [9.17, 15) is 9.59 Å². The number of rotatable bonds is 7. The second kappa shape index (κ2) is 9.95. The first-order valence-corrected chi connectivity index (χ1v) is 11.1. The van der Waals surface area contributed by atoms with Crippen LogP contribution in [0.15, 0.2) is 54.6 Å². The van der Waals surface area contributed by atoms with E-state index < -0.39 is 5.91 Å². The van der Waals surface area contributed by atoms with Crippen molar-refractivity contribution in [1.29, 1.82) is 0 Å². The predicted molar refractivity (Wildman–Crippen MR) is 126 cm³/mol. The van der Waals surface area contributed by atoms with Gasteiger partial charge < -0.3 is 20.5 Å². The summed E-state index contributed by atoms with van der Waals surface area (Å²) in [6.07, 6.45) is 0. The van der Waals surface area contributed by atoms with Gasteiger partial charge in [0.2, 0.25) is 5.91 Å². The molecule has 0 saturated carbocycles. The van der Waals surface area contributed by atoms with Crippen molar-refractivity contribution in [2.45, 2.75) is 0 Å². The summed E-state index contributed by atoms with van der Waals surface area (Å²) in [5.41, 5.74) is 8.94. The van der Waals surface area contributed by atoms with Crippen molar-refractivity contribution in [3.63, 3.8) is 0 Å². The molecule has 8 heteroatoms. The van der Waals surface area contributed by atoms with Crippen LogP contribution in [0.4, 0.5) is 5.69 Å². The molecule has 0 atom stereocenters. The van der Waals surface area contributed by atoms with Crippen LogP contribution in [0, 0.1) is 0 Å². The van der Waals surface area contributed by atoms with E-state index >= 15 is 0 Å². The number of methoxy groups -OCH3 is 1. The van der Waals surface area contributed by atoms with E-state index in [1.807, 2.05) is 42.5 Å². The number of carbonyl (C=O) groups is 2. The molecule has 3 N–H and O–H groups in total. The van der Waals surface area contributed by atoms with Crippen LogP contribution >= 0.6 is 11.3 Å². The van der Waals surface area contributed by atoms with E-state index in [4.69, 9.17) is 15.2 Å². The van der Waals surface area contributed by atoms with Crippen molar-refractivity contribution in [1.82, 2.24) is 4.90 Å². The highest BCUT2D eigenvalue weighted by molar-refractivity contribution is 7.17. The van der Waals surface area contributed by atoms with Crippen molar-refractivity contribution in [3.05, 3.63) is 59.5 Å². The van der Waals surface area contributed by atoms with Gasteiger partial charge in [-0.3, -0.25) is 14.5 Å². The molecule has 0 spiro atoms. The largest absolute Gasteiger partial charge is 0.495 e. The number of nitrogens with one attached hydrogen (secondary N) is 1. The van der Waals surface area contributed by atoms with Gasteiger partial charge in [0.15, 0.2) is 0 Å². The molecule has 2 amide bonds. The normalized spacial score (nSPS) is 14.2. The molecule has 0 bridgehead atoms. The highest BCUT2D eigenvalue weighted by Gasteiger charge is 2.16. The summed E-state index contributed by atoms with van der Waals surface area (Å²) in [6.45, 7) is 3.10. The molecule has 3 aromatic rings. The molecule has 7 nitrogen and oxygen atoms in total. The Morgan fingerprint density at radius 1 is 1.06 bits per heavy atom. The number of carbonyl (C=O) groups excluding carboxylic acids is 2. The van der Waals surface area contributed by atoms with E-state index in [0.717, 1.165) is 34.7 Å². The maximum atomic E-state index is 12.6. The Kier molecular flexibility index (Phi) is 6.84. The number of primary amides is 1. The van der Waals surface area contributed by atoms with Crippen LogP contribution in [0.5, 0.6) is 5.75 Å². The van der Waals surface area contributed by atoms with Crippen LogP contribution in [0.1, 0.15) is 9.67 Å². The summed E-state index contributed by atoms with van der Waals surface area (Å²) in [5, 5.41) is 2.99. The Hall–Kier alpha value is -3.20. The van der Waals surface area contributed by atoms with Crippen molar-refractivity contribution >= 4 is 28.8 Å². The van der Waals surface area contributed by atoms with Crippen molar-refractivity contribution in [2.75, 3.05) is 45.3 Å². The van der Waals surface area contributed by atoms with Gasteiger partial charge in [-0.15, -0.1) is 11.3 Å². The van der Waals surface area contributed by atoms with E-state index in [1.165, 1.54) is 11.3 Å². The van der Waals surface area contributed by atoms with Gasteiger partial charge in [-0.05, 0) is 47.0 Å². The number of hydrogen-bond donors (Lipinski definition) is 2. The molecule has 166 valence electrons. The molecule has 1 fully saturated rings. The number of amides is 2. The van der Waals surface area contributed by atoms with Crippen LogP contribution < -0.4 is 15.8 Å². The number of morpholine rings is 1. The summed E-state index contributed by atoms with van der Waals surface area (Å²) >= 11 is 1.37. The first kappa shape index (κ1) is 22.0. The molecule has 0 radical (unpaired) electrons. The van der Waals surface area contributed by atoms with E-state index in [2.05, 4.69) is 16.3 Å². The first-order valence-electron chi connectivity index (χ1n) is 10.3. The van der Waals surface area contributed by atoms with Crippen LogP contribution in [0.3, 0.4) is 0 Å². The van der Waals surface area contributed by atoms with Crippen molar-refractivity contribution < 1.29 is 19.1 Å². The summed E-state index contributed by atoms with van der Waals surface area (Å²) in [6, 6.07) is 17.4. The number of hydrogen-bond acceptors (Lipinski definition) is 6. The Balaban J connectivity index is 1.56. The topological polar surface area (TPSA) is 93.9 Å². The van der Waals surface area contributed by atoms with E-state index in [-0.39, 0.29) is 5.91 Å². The van der Waals surface area contributed by atoms with Gasteiger partial charge in [-0.2, -0.15) is 0 Å².